The molecule has 5 heteroatoms. The fourth-order valence-corrected chi connectivity index (χ4v) is 3.87. The zero-order valence-corrected chi connectivity index (χ0v) is 15.6. The van der Waals surface area contributed by atoms with Crippen LogP contribution in [0.15, 0.2) is 42.6 Å². The highest BCUT2D eigenvalue weighted by molar-refractivity contribution is 6.06. The molecule has 1 aliphatic carbocycles. The van der Waals surface area contributed by atoms with E-state index in [1.165, 1.54) is 32.1 Å². The Labute approximate surface area is 160 Å². The zero-order valence-electron chi connectivity index (χ0n) is 15.6. The van der Waals surface area contributed by atoms with Gasteiger partial charge in [0, 0.05) is 24.7 Å². The number of benzene rings is 1. The predicted molar refractivity (Wildman–Crippen MR) is 105 cm³/mol. The maximum atomic E-state index is 13.4. The molecule has 5 nitrogen and oxygen atoms in total. The van der Waals surface area contributed by atoms with Crippen molar-refractivity contribution in [1.29, 1.82) is 0 Å². The highest BCUT2D eigenvalue weighted by Crippen LogP contribution is 2.32. The predicted octanol–water partition coefficient (Wildman–Crippen LogP) is 4.47. The zero-order chi connectivity index (χ0) is 18.5. The summed E-state index contributed by atoms with van der Waals surface area (Å²) in [5.41, 5.74) is 0.612. The van der Waals surface area contributed by atoms with E-state index in [-0.39, 0.29) is 5.91 Å². The van der Waals surface area contributed by atoms with Crippen molar-refractivity contribution in [2.75, 3.05) is 24.7 Å². The summed E-state index contributed by atoms with van der Waals surface area (Å²) in [4.78, 5) is 19.7. The highest BCUT2D eigenvalue weighted by atomic mass is 16.5. The molecule has 1 aliphatic heterocycles. The van der Waals surface area contributed by atoms with Crippen LogP contribution in [0.4, 0.5) is 5.82 Å². The fourth-order valence-electron chi connectivity index (χ4n) is 3.87. The Morgan fingerprint density at radius 3 is 2.59 bits per heavy atom. The number of aromatic nitrogens is 1. The lowest BCUT2D eigenvalue weighted by molar-refractivity contribution is 0.0979. The van der Waals surface area contributed by atoms with Crippen LogP contribution in [0.1, 0.15) is 48.9 Å². The van der Waals surface area contributed by atoms with Crippen LogP contribution in [0.25, 0.3) is 0 Å². The van der Waals surface area contributed by atoms with Gasteiger partial charge < -0.3 is 9.47 Å². The summed E-state index contributed by atoms with van der Waals surface area (Å²) < 4.78 is 11.5. The van der Waals surface area contributed by atoms with Gasteiger partial charge in [-0.1, -0.05) is 25.3 Å². The van der Waals surface area contributed by atoms with E-state index in [9.17, 15) is 4.79 Å². The second kappa shape index (κ2) is 8.42. The van der Waals surface area contributed by atoms with Gasteiger partial charge >= 0.3 is 0 Å². The summed E-state index contributed by atoms with van der Waals surface area (Å²) in [5, 5.41) is 0. The van der Waals surface area contributed by atoms with E-state index in [0.717, 1.165) is 6.42 Å². The van der Waals surface area contributed by atoms with Gasteiger partial charge in [-0.3, -0.25) is 9.69 Å². The number of fused-ring (bicyclic) bond motifs is 1. The Hall–Kier alpha value is -2.56. The third-order valence-corrected chi connectivity index (χ3v) is 5.33. The van der Waals surface area contributed by atoms with Gasteiger partial charge in [0.05, 0.1) is 13.2 Å². The second-order valence-electron chi connectivity index (χ2n) is 7.32. The Kier molecular flexibility index (Phi) is 5.56. The maximum Gasteiger partial charge on any atom is 0.259 e. The number of amides is 1. The van der Waals surface area contributed by atoms with E-state index >= 15 is 0 Å². The minimum atomic E-state index is -0.0325. The topological polar surface area (TPSA) is 51.7 Å². The van der Waals surface area contributed by atoms with E-state index in [1.54, 1.807) is 12.3 Å². The van der Waals surface area contributed by atoms with E-state index in [1.807, 2.05) is 35.2 Å². The van der Waals surface area contributed by atoms with Crippen LogP contribution in [-0.4, -0.2) is 30.6 Å². The third-order valence-electron chi connectivity index (χ3n) is 5.33. The SMILES string of the molecule is O=C(c1ccc2c(c1)OCCCO2)N(CC1CCCCC1)c1ccccn1. The van der Waals surface area contributed by atoms with Crippen molar-refractivity contribution in [2.24, 2.45) is 5.92 Å². The van der Waals surface area contributed by atoms with Crippen LogP contribution in [0.2, 0.25) is 0 Å². The number of nitrogens with zero attached hydrogens (tertiary/aromatic N) is 2. The first-order valence-electron chi connectivity index (χ1n) is 9.94. The molecule has 4 rings (SSSR count). The molecule has 2 aliphatic rings. The van der Waals surface area contributed by atoms with E-state index in [4.69, 9.17) is 9.47 Å². The van der Waals surface area contributed by atoms with E-state index in [2.05, 4.69) is 4.98 Å². The molecule has 1 fully saturated rings. The number of carbonyl (C=O) groups is 1. The van der Waals surface area contributed by atoms with Crippen molar-refractivity contribution in [1.82, 2.24) is 4.98 Å². The Morgan fingerprint density at radius 1 is 1.00 bits per heavy atom. The smallest absolute Gasteiger partial charge is 0.259 e. The molecule has 0 N–H and O–H groups in total. The van der Waals surface area contributed by atoms with Gasteiger partial charge in [-0.2, -0.15) is 0 Å². The van der Waals surface area contributed by atoms with Crippen LogP contribution < -0.4 is 14.4 Å². The third kappa shape index (κ3) is 4.24. The number of anilines is 1. The van der Waals surface area contributed by atoms with Gasteiger partial charge in [0.1, 0.15) is 5.82 Å². The van der Waals surface area contributed by atoms with Gasteiger partial charge in [-0.15, -0.1) is 0 Å². The van der Waals surface area contributed by atoms with Crippen LogP contribution in [0.3, 0.4) is 0 Å². The normalized spacial score (nSPS) is 17.2. The molecule has 27 heavy (non-hydrogen) atoms. The average Bonchev–Trinajstić information content (AvgIpc) is 2.98. The molecule has 142 valence electrons. The number of carbonyl (C=O) groups excluding carboxylic acids is 1. The summed E-state index contributed by atoms with van der Waals surface area (Å²) >= 11 is 0. The van der Waals surface area contributed by atoms with Crippen molar-refractivity contribution in [2.45, 2.75) is 38.5 Å². The molecule has 0 atom stereocenters. The van der Waals surface area contributed by atoms with Crippen LogP contribution in [0, 0.1) is 5.92 Å². The highest BCUT2D eigenvalue weighted by Gasteiger charge is 2.25. The molecule has 1 aromatic carbocycles. The standard InChI is InChI=1S/C22H26N2O3/c25-22(18-10-11-19-20(15-18)27-14-6-13-26-19)24(21-9-4-5-12-23-21)16-17-7-2-1-3-8-17/h4-5,9-12,15,17H,1-3,6-8,13-14,16H2. The maximum absolute atomic E-state index is 13.4. The molecule has 0 radical (unpaired) electrons. The first kappa shape index (κ1) is 17.8. The fraction of sp³-hybridized carbons (Fsp3) is 0.455. The molecule has 1 saturated carbocycles. The van der Waals surface area contributed by atoms with Crippen LogP contribution >= 0.6 is 0 Å². The van der Waals surface area contributed by atoms with Crippen molar-refractivity contribution >= 4 is 11.7 Å². The monoisotopic (exact) mass is 366 g/mol. The summed E-state index contributed by atoms with van der Waals surface area (Å²) in [6.45, 7) is 1.96. The van der Waals surface area contributed by atoms with E-state index < -0.39 is 0 Å². The molecular weight excluding hydrogens is 340 g/mol. The molecule has 0 spiro atoms. The second-order valence-corrected chi connectivity index (χ2v) is 7.32. The van der Waals surface area contributed by atoms with Crippen LogP contribution in [-0.2, 0) is 0 Å². The molecule has 2 aromatic rings. The molecule has 2 heterocycles. The van der Waals surface area contributed by atoms with Crippen molar-refractivity contribution in [3.8, 4) is 11.5 Å². The van der Waals surface area contributed by atoms with Crippen LogP contribution in [0.5, 0.6) is 11.5 Å². The van der Waals surface area contributed by atoms with Gasteiger partial charge in [0.2, 0.25) is 0 Å². The van der Waals surface area contributed by atoms with Crippen molar-refractivity contribution in [3.63, 3.8) is 0 Å². The van der Waals surface area contributed by atoms with Gasteiger partial charge in [-0.05, 0) is 49.1 Å². The number of pyridine rings is 1. The summed E-state index contributed by atoms with van der Waals surface area (Å²) in [5.74, 6) is 2.57. The minimum Gasteiger partial charge on any atom is -0.490 e. The molecule has 1 aromatic heterocycles. The average molecular weight is 366 g/mol. The molecule has 0 bridgehead atoms. The number of hydrogen-bond donors (Lipinski definition) is 0. The van der Waals surface area contributed by atoms with E-state index in [0.29, 0.717) is 48.6 Å². The van der Waals surface area contributed by atoms with Crippen molar-refractivity contribution in [3.05, 3.63) is 48.2 Å². The first-order valence-corrected chi connectivity index (χ1v) is 9.94. The molecular formula is C22H26N2O3. The van der Waals surface area contributed by atoms with Gasteiger partial charge in [-0.25, -0.2) is 4.98 Å². The summed E-state index contributed by atoms with van der Waals surface area (Å²) in [6.07, 6.45) is 8.74. The van der Waals surface area contributed by atoms with Crippen molar-refractivity contribution < 1.29 is 14.3 Å². The Bertz CT molecular complexity index is 772. The Morgan fingerprint density at radius 2 is 1.81 bits per heavy atom. The van der Waals surface area contributed by atoms with Gasteiger partial charge in [0.15, 0.2) is 11.5 Å². The summed E-state index contributed by atoms with van der Waals surface area (Å²) in [6, 6.07) is 11.2. The minimum absolute atomic E-state index is 0.0325. The molecule has 0 unspecified atom stereocenters. The van der Waals surface area contributed by atoms with Gasteiger partial charge in [0.25, 0.3) is 5.91 Å². The number of rotatable bonds is 4. The largest absolute Gasteiger partial charge is 0.490 e. The number of ether oxygens (including phenoxy) is 2. The quantitative estimate of drug-likeness (QED) is 0.801. The lowest BCUT2D eigenvalue weighted by Gasteiger charge is -2.29. The number of hydrogen-bond acceptors (Lipinski definition) is 4. The Balaban J connectivity index is 1.61. The lowest BCUT2D eigenvalue weighted by atomic mass is 9.89. The first-order chi connectivity index (χ1) is 13.3. The summed E-state index contributed by atoms with van der Waals surface area (Å²) in [7, 11) is 0. The molecule has 0 saturated heterocycles. The molecule has 1 amide bonds. The lowest BCUT2D eigenvalue weighted by Crippen LogP contribution is -2.36.